The second-order valence-corrected chi connectivity index (χ2v) is 3.48. The smallest absolute Gasteiger partial charge is 0.226 e. The van der Waals surface area contributed by atoms with Crippen LogP contribution in [0.5, 0.6) is 5.75 Å². The Morgan fingerprint density at radius 2 is 2.00 bits per heavy atom. The van der Waals surface area contributed by atoms with Crippen LogP contribution in [0.1, 0.15) is 13.3 Å². The molecule has 5 heteroatoms. The molecule has 2 N–H and O–H groups in total. The molecule has 0 aliphatic heterocycles. The average Bonchev–Trinajstić information content (AvgIpc) is 2.29. The Balaban J connectivity index is 2.47. The van der Waals surface area contributed by atoms with E-state index in [9.17, 15) is 9.59 Å². The molecule has 17 heavy (non-hydrogen) atoms. The van der Waals surface area contributed by atoms with Crippen LogP contribution >= 0.6 is 0 Å². The van der Waals surface area contributed by atoms with Gasteiger partial charge in [-0.3, -0.25) is 9.59 Å². The van der Waals surface area contributed by atoms with Crippen LogP contribution in [0.25, 0.3) is 0 Å². The Kier molecular flexibility index (Phi) is 5.00. The predicted molar refractivity (Wildman–Crippen MR) is 64.9 cm³/mol. The standard InChI is InChI=1S/C12H16N2O3/c1-9(15)13-8-7-12(16)14-10-5-3-4-6-11(10)17-2/h3-6H,7-8H2,1-2H3,(H,13,15)(H,14,16). The van der Waals surface area contributed by atoms with Crippen molar-refractivity contribution in [2.75, 3.05) is 19.0 Å². The maximum Gasteiger partial charge on any atom is 0.226 e. The van der Waals surface area contributed by atoms with E-state index >= 15 is 0 Å². The van der Waals surface area contributed by atoms with Crippen molar-refractivity contribution < 1.29 is 14.3 Å². The lowest BCUT2D eigenvalue weighted by Gasteiger charge is -2.09. The van der Waals surface area contributed by atoms with Crippen LogP contribution in [0, 0.1) is 0 Å². The van der Waals surface area contributed by atoms with Crippen molar-refractivity contribution in [2.45, 2.75) is 13.3 Å². The van der Waals surface area contributed by atoms with E-state index in [0.717, 1.165) is 0 Å². The molecule has 0 unspecified atom stereocenters. The third-order valence-electron chi connectivity index (χ3n) is 2.11. The summed E-state index contributed by atoms with van der Waals surface area (Å²) in [5, 5.41) is 5.28. The Morgan fingerprint density at radius 3 is 2.65 bits per heavy atom. The van der Waals surface area contributed by atoms with Gasteiger partial charge in [-0.25, -0.2) is 0 Å². The molecule has 0 aromatic heterocycles. The number of hydrogen-bond acceptors (Lipinski definition) is 3. The topological polar surface area (TPSA) is 67.4 Å². The summed E-state index contributed by atoms with van der Waals surface area (Å²) >= 11 is 0. The van der Waals surface area contributed by atoms with Crippen molar-refractivity contribution in [3.63, 3.8) is 0 Å². The number of carbonyl (C=O) groups is 2. The van der Waals surface area contributed by atoms with E-state index in [4.69, 9.17) is 4.74 Å². The van der Waals surface area contributed by atoms with Crippen molar-refractivity contribution in [3.8, 4) is 5.75 Å². The minimum atomic E-state index is -0.164. The Hall–Kier alpha value is -2.04. The molecule has 1 aromatic carbocycles. The molecule has 0 aliphatic rings. The molecule has 2 amide bonds. The first kappa shape index (κ1) is 13.0. The Labute approximate surface area is 100 Å². The monoisotopic (exact) mass is 236 g/mol. The van der Waals surface area contributed by atoms with Gasteiger partial charge in [-0.05, 0) is 12.1 Å². The van der Waals surface area contributed by atoms with Gasteiger partial charge < -0.3 is 15.4 Å². The molecule has 0 bridgehead atoms. The largest absolute Gasteiger partial charge is 0.495 e. The lowest BCUT2D eigenvalue weighted by molar-refractivity contribution is -0.119. The van der Waals surface area contributed by atoms with Gasteiger partial charge in [0.05, 0.1) is 12.8 Å². The molecule has 0 saturated heterocycles. The zero-order valence-corrected chi connectivity index (χ0v) is 9.95. The molecule has 1 aromatic rings. The summed E-state index contributed by atoms with van der Waals surface area (Å²) in [5.74, 6) is 0.304. The minimum absolute atomic E-state index is 0.143. The van der Waals surface area contributed by atoms with Crippen LogP contribution in [0.4, 0.5) is 5.69 Å². The van der Waals surface area contributed by atoms with Gasteiger partial charge in [0.2, 0.25) is 11.8 Å². The predicted octanol–water partition coefficient (Wildman–Crippen LogP) is 1.16. The van der Waals surface area contributed by atoms with Crippen LogP contribution < -0.4 is 15.4 Å². The first-order valence-electron chi connectivity index (χ1n) is 5.31. The van der Waals surface area contributed by atoms with E-state index in [-0.39, 0.29) is 18.2 Å². The minimum Gasteiger partial charge on any atom is -0.495 e. The van der Waals surface area contributed by atoms with Crippen LogP contribution in [0.15, 0.2) is 24.3 Å². The molecule has 0 aliphatic carbocycles. The third-order valence-corrected chi connectivity index (χ3v) is 2.11. The van der Waals surface area contributed by atoms with E-state index in [1.807, 2.05) is 12.1 Å². The number of nitrogens with one attached hydrogen (secondary N) is 2. The van der Waals surface area contributed by atoms with Gasteiger partial charge >= 0.3 is 0 Å². The SMILES string of the molecule is COc1ccccc1NC(=O)CCNC(C)=O. The van der Waals surface area contributed by atoms with Gasteiger partial charge in [0.1, 0.15) is 5.75 Å². The molecule has 0 fully saturated rings. The van der Waals surface area contributed by atoms with Crippen LogP contribution in [0.2, 0.25) is 0 Å². The maximum absolute atomic E-state index is 11.5. The second-order valence-electron chi connectivity index (χ2n) is 3.48. The number of methoxy groups -OCH3 is 1. The van der Waals surface area contributed by atoms with E-state index in [1.54, 1.807) is 19.2 Å². The quantitative estimate of drug-likeness (QED) is 0.806. The van der Waals surface area contributed by atoms with Crippen LogP contribution in [-0.4, -0.2) is 25.5 Å². The van der Waals surface area contributed by atoms with Crippen molar-refractivity contribution >= 4 is 17.5 Å². The summed E-state index contributed by atoms with van der Waals surface area (Å²) in [7, 11) is 1.54. The number of hydrogen-bond donors (Lipinski definition) is 2. The van der Waals surface area contributed by atoms with Crippen LogP contribution in [0.3, 0.4) is 0 Å². The zero-order chi connectivity index (χ0) is 12.7. The highest BCUT2D eigenvalue weighted by molar-refractivity contribution is 5.92. The van der Waals surface area contributed by atoms with E-state index in [2.05, 4.69) is 10.6 Å². The molecule has 0 heterocycles. The summed E-state index contributed by atoms with van der Waals surface area (Å²) in [4.78, 5) is 22.2. The number of amides is 2. The van der Waals surface area contributed by atoms with Crippen molar-refractivity contribution in [2.24, 2.45) is 0 Å². The molecule has 0 atom stereocenters. The molecule has 0 saturated carbocycles. The molecule has 0 spiro atoms. The molecular formula is C12H16N2O3. The molecule has 1 rings (SSSR count). The second kappa shape index (κ2) is 6.52. The third kappa shape index (κ3) is 4.55. The lowest BCUT2D eigenvalue weighted by Crippen LogP contribution is -2.25. The van der Waals surface area contributed by atoms with Crippen LogP contribution in [-0.2, 0) is 9.59 Å². The summed E-state index contributed by atoms with van der Waals surface area (Å²) in [6.07, 6.45) is 0.234. The summed E-state index contributed by atoms with van der Waals surface area (Å²) in [6.45, 7) is 1.74. The van der Waals surface area contributed by atoms with Gasteiger partial charge in [0.15, 0.2) is 0 Å². The van der Waals surface area contributed by atoms with Gasteiger partial charge in [-0.15, -0.1) is 0 Å². The number of carbonyl (C=O) groups excluding carboxylic acids is 2. The summed E-state index contributed by atoms with van der Waals surface area (Å²) in [6, 6.07) is 7.16. The fourth-order valence-corrected chi connectivity index (χ4v) is 1.31. The fraction of sp³-hybridized carbons (Fsp3) is 0.333. The van der Waals surface area contributed by atoms with E-state index in [1.165, 1.54) is 6.92 Å². The number of ether oxygens (including phenoxy) is 1. The number of para-hydroxylation sites is 2. The molecular weight excluding hydrogens is 220 g/mol. The number of anilines is 1. The van der Waals surface area contributed by atoms with Gasteiger partial charge in [0, 0.05) is 19.9 Å². The summed E-state index contributed by atoms with van der Waals surface area (Å²) in [5.41, 5.74) is 0.628. The van der Waals surface area contributed by atoms with E-state index in [0.29, 0.717) is 18.0 Å². The highest BCUT2D eigenvalue weighted by Crippen LogP contribution is 2.22. The first-order valence-corrected chi connectivity index (χ1v) is 5.31. The highest BCUT2D eigenvalue weighted by Gasteiger charge is 2.06. The van der Waals surface area contributed by atoms with E-state index < -0.39 is 0 Å². The maximum atomic E-state index is 11.5. The van der Waals surface area contributed by atoms with Crippen molar-refractivity contribution in [3.05, 3.63) is 24.3 Å². The van der Waals surface area contributed by atoms with Crippen molar-refractivity contribution in [1.29, 1.82) is 0 Å². The van der Waals surface area contributed by atoms with Crippen molar-refractivity contribution in [1.82, 2.24) is 5.32 Å². The lowest BCUT2D eigenvalue weighted by atomic mass is 10.3. The molecule has 5 nitrogen and oxygen atoms in total. The fourth-order valence-electron chi connectivity index (χ4n) is 1.31. The highest BCUT2D eigenvalue weighted by atomic mass is 16.5. The first-order chi connectivity index (χ1) is 8.13. The average molecular weight is 236 g/mol. The normalized spacial score (nSPS) is 9.53. The summed E-state index contributed by atoms with van der Waals surface area (Å²) < 4.78 is 5.10. The van der Waals surface area contributed by atoms with Gasteiger partial charge in [0.25, 0.3) is 0 Å². The molecule has 0 radical (unpaired) electrons. The number of rotatable bonds is 5. The van der Waals surface area contributed by atoms with Gasteiger partial charge in [-0.1, -0.05) is 12.1 Å². The van der Waals surface area contributed by atoms with Gasteiger partial charge in [-0.2, -0.15) is 0 Å². The zero-order valence-electron chi connectivity index (χ0n) is 9.95. The Bertz CT molecular complexity index is 404. The molecule has 92 valence electrons. The Morgan fingerprint density at radius 1 is 1.29 bits per heavy atom. The number of benzene rings is 1.